The fraction of sp³-hybridized carbons (Fsp3) is 0.667. The van der Waals surface area contributed by atoms with Crippen molar-refractivity contribution in [3.05, 3.63) is 0 Å². The summed E-state index contributed by atoms with van der Waals surface area (Å²) in [7, 11) is 0. The van der Waals surface area contributed by atoms with Crippen LogP contribution in [0.25, 0.3) is 0 Å². The molecule has 10 heavy (non-hydrogen) atoms. The molecule has 56 valence electrons. The summed E-state index contributed by atoms with van der Waals surface area (Å²) >= 11 is 1.48. The van der Waals surface area contributed by atoms with Crippen LogP contribution >= 0.6 is 11.8 Å². The molecule has 1 rings (SSSR count). The van der Waals surface area contributed by atoms with E-state index in [1.54, 1.807) is 6.92 Å². The van der Waals surface area contributed by atoms with E-state index in [0.29, 0.717) is 5.75 Å². The lowest BCUT2D eigenvalue weighted by Crippen LogP contribution is -2.16. The number of hydrogen-bond donors (Lipinski definition) is 1. The Balaban J connectivity index is 2.19. The topological polar surface area (TPSA) is 41.5 Å². The maximum atomic E-state index is 10.5. The van der Waals surface area contributed by atoms with Gasteiger partial charge in [0.15, 0.2) is 5.17 Å². The molecule has 0 fully saturated rings. The van der Waals surface area contributed by atoms with Crippen LogP contribution in [0.3, 0.4) is 0 Å². The minimum absolute atomic E-state index is 0.196. The Labute approximate surface area is 64.3 Å². The van der Waals surface area contributed by atoms with E-state index in [4.69, 9.17) is 0 Å². The molecule has 3 nitrogen and oxygen atoms in total. The summed E-state index contributed by atoms with van der Waals surface area (Å²) in [5, 5.41) is 3.98. The van der Waals surface area contributed by atoms with Crippen molar-refractivity contribution in [2.45, 2.75) is 6.92 Å². The Bertz CT molecular complexity index is 167. The highest BCUT2D eigenvalue weighted by Crippen LogP contribution is 2.04. The van der Waals surface area contributed by atoms with Crippen molar-refractivity contribution in [3.8, 4) is 0 Å². The number of amidine groups is 1. The second kappa shape index (κ2) is 3.61. The highest BCUT2D eigenvalue weighted by atomic mass is 32.2. The predicted octanol–water partition coefficient (Wildman–Crippen LogP) is 0.268. The van der Waals surface area contributed by atoms with E-state index in [9.17, 15) is 4.79 Å². The first kappa shape index (κ1) is 7.60. The fourth-order valence-electron chi connectivity index (χ4n) is 0.643. The van der Waals surface area contributed by atoms with Gasteiger partial charge in [-0.15, -0.1) is 0 Å². The van der Waals surface area contributed by atoms with Gasteiger partial charge in [-0.05, 0) is 6.92 Å². The molecule has 1 aliphatic rings. The zero-order chi connectivity index (χ0) is 7.40. The molecular formula is C6H10N2OS. The summed E-state index contributed by atoms with van der Waals surface area (Å²) in [6.07, 6.45) is 0. The van der Waals surface area contributed by atoms with Crippen LogP contribution in [-0.2, 0) is 4.79 Å². The van der Waals surface area contributed by atoms with Gasteiger partial charge in [-0.1, -0.05) is 11.8 Å². The van der Waals surface area contributed by atoms with Crippen LogP contribution in [0, 0.1) is 0 Å². The molecule has 0 saturated carbocycles. The number of ketones is 1. The van der Waals surface area contributed by atoms with Crippen LogP contribution in [0.5, 0.6) is 0 Å². The molecule has 0 spiro atoms. The summed E-state index contributed by atoms with van der Waals surface area (Å²) in [6, 6.07) is 0. The smallest absolute Gasteiger partial charge is 0.157 e. The normalized spacial score (nSPS) is 16.3. The summed E-state index contributed by atoms with van der Waals surface area (Å²) in [6.45, 7) is 3.35. The average molecular weight is 158 g/mol. The van der Waals surface area contributed by atoms with E-state index in [1.165, 1.54) is 11.8 Å². The van der Waals surface area contributed by atoms with E-state index in [1.807, 2.05) is 0 Å². The summed E-state index contributed by atoms with van der Waals surface area (Å²) in [5.74, 6) is 0.729. The Hall–Kier alpha value is -0.510. The third-order valence-corrected chi connectivity index (χ3v) is 2.15. The SMILES string of the molecule is CC(=O)CSC1=NCCN1. The van der Waals surface area contributed by atoms with E-state index in [2.05, 4.69) is 10.3 Å². The maximum absolute atomic E-state index is 10.5. The Morgan fingerprint density at radius 3 is 3.20 bits per heavy atom. The number of carbonyl (C=O) groups excluding carboxylic acids is 1. The van der Waals surface area contributed by atoms with Crippen LogP contribution in [0.1, 0.15) is 6.92 Å². The molecule has 1 aliphatic heterocycles. The number of nitrogens with zero attached hydrogens (tertiary/aromatic N) is 1. The standard InChI is InChI=1S/C6H10N2OS/c1-5(9)4-10-6-7-2-3-8-6/h2-4H2,1H3,(H,7,8). The first-order valence-corrected chi connectivity index (χ1v) is 4.18. The Kier molecular flexibility index (Phi) is 2.74. The van der Waals surface area contributed by atoms with E-state index < -0.39 is 0 Å². The maximum Gasteiger partial charge on any atom is 0.157 e. The molecule has 0 atom stereocenters. The molecule has 4 heteroatoms. The lowest BCUT2D eigenvalue weighted by Gasteiger charge is -1.96. The zero-order valence-corrected chi connectivity index (χ0v) is 6.70. The van der Waals surface area contributed by atoms with Gasteiger partial charge in [-0.3, -0.25) is 9.79 Å². The van der Waals surface area contributed by atoms with Crippen molar-refractivity contribution in [3.63, 3.8) is 0 Å². The molecule has 0 bridgehead atoms. The van der Waals surface area contributed by atoms with Gasteiger partial charge in [0.1, 0.15) is 5.78 Å². The molecule has 0 saturated heterocycles. The minimum Gasteiger partial charge on any atom is -0.363 e. The highest BCUT2D eigenvalue weighted by Gasteiger charge is 2.05. The van der Waals surface area contributed by atoms with Crippen molar-refractivity contribution in [2.75, 3.05) is 18.8 Å². The second-order valence-electron chi connectivity index (χ2n) is 2.10. The minimum atomic E-state index is 0.196. The molecular weight excluding hydrogens is 148 g/mol. The van der Waals surface area contributed by atoms with Gasteiger partial charge in [0.05, 0.1) is 12.3 Å². The van der Waals surface area contributed by atoms with Gasteiger partial charge in [-0.25, -0.2) is 0 Å². The van der Waals surface area contributed by atoms with Crippen molar-refractivity contribution < 1.29 is 4.79 Å². The van der Waals surface area contributed by atoms with Gasteiger partial charge in [0.2, 0.25) is 0 Å². The van der Waals surface area contributed by atoms with E-state index in [-0.39, 0.29) is 5.78 Å². The monoisotopic (exact) mass is 158 g/mol. The lowest BCUT2D eigenvalue weighted by atomic mass is 10.5. The molecule has 0 unspecified atom stereocenters. The Morgan fingerprint density at radius 2 is 2.70 bits per heavy atom. The first-order valence-electron chi connectivity index (χ1n) is 3.19. The molecule has 1 N–H and O–H groups in total. The van der Waals surface area contributed by atoms with Crippen LogP contribution in [-0.4, -0.2) is 29.8 Å². The van der Waals surface area contributed by atoms with Crippen LogP contribution in [0.2, 0.25) is 0 Å². The van der Waals surface area contributed by atoms with Crippen LogP contribution < -0.4 is 5.32 Å². The Morgan fingerprint density at radius 1 is 1.90 bits per heavy atom. The number of carbonyl (C=O) groups is 1. The fourth-order valence-corrected chi connectivity index (χ4v) is 1.37. The third-order valence-electron chi connectivity index (χ3n) is 1.06. The molecule has 0 aromatic carbocycles. The highest BCUT2D eigenvalue weighted by molar-refractivity contribution is 8.14. The van der Waals surface area contributed by atoms with Gasteiger partial charge < -0.3 is 5.32 Å². The lowest BCUT2D eigenvalue weighted by molar-refractivity contribution is -0.114. The van der Waals surface area contributed by atoms with Crippen molar-refractivity contribution >= 4 is 22.7 Å². The van der Waals surface area contributed by atoms with E-state index >= 15 is 0 Å². The number of thioether (sulfide) groups is 1. The molecule has 0 radical (unpaired) electrons. The van der Waals surface area contributed by atoms with Gasteiger partial charge in [0.25, 0.3) is 0 Å². The molecule has 1 heterocycles. The van der Waals surface area contributed by atoms with Crippen molar-refractivity contribution in [1.29, 1.82) is 0 Å². The van der Waals surface area contributed by atoms with Gasteiger partial charge >= 0.3 is 0 Å². The second-order valence-corrected chi connectivity index (χ2v) is 3.07. The summed E-state index contributed by atoms with van der Waals surface area (Å²) < 4.78 is 0. The number of aliphatic imine (C=N–C) groups is 1. The molecule has 0 amide bonds. The van der Waals surface area contributed by atoms with Crippen LogP contribution in [0.15, 0.2) is 4.99 Å². The van der Waals surface area contributed by atoms with Crippen LogP contribution in [0.4, 0.5) is 0 Å². The number of hydrogen-bond acceptors (Lipinski definition) is 4. The summed E-state index contributed by atoms with van der Waals surface area (Å²) in [4.78, 5) is 14.6. The predicted molar refractivity (Wildman–Crippen MR) is 43.4 cm³/mol. The summed E-state index contributed by atoms with van der Waals surface area (Å²) in [5.41, 5.74) is 0. The number of rotatable bonds is 2. The number of Topliss-reactive ketones (excluding diaryl/α,β-unsaturated/α-hetero) is 1. The quantitative estimate of drug-likeness (QED) is 0.627. The zero-order valence-electron chi connectivity index (χ0n) is 5.89. The molecule has 0 aromatic heterocycles. The van der Waals surface area contributed by atoms with Crippen molar-refractivity contribution in [1.82, 2.24) is 5.32 Å². The average Bonchev–Trinajstić information content (AvgIpc) is 2.34. The third kappa shape index (κ3) is 2.39. The van der Waals surface area contributed by atoms with Gasteiger partial charge in [0, 0.05) is 6.54 Å². The van der Waals surface area contributed by atoms with Gasteiger partial charge in [-0.2, -0.15) is 0 Å². The molecule has 0 aliphatic carbocycles. The number of nitrogens with one attached hydrogen (secondary N) is 1. The largest absolute Gasteiger partial charge is 0.363 e. The van der Waals surface area contributed by atoms with Crippen molar-refractivity contribution in [2.24, 2.45) is 4.99 Å². The molecule has 0 aromatic rings. The van der Waals surface area contributed by atoms with E-state index in [0.717, 1.165) is 18.3 Å². The first-order chi connectivity index (χ1) is 4.79.